The van der Waals surface area contributed by atoms with Crippen molar-refractivity contribution in [2.45, 2.75) is 40.0 Å². The lowest BCUT2D eigenvalue weighted by atomic mass is 9.89. The van der Waals surface area contributed by atoms with E-state index in [1.807, 2.05) is 18.2 Å². The van der Waals surface area contributed by atoms with Crippen LogP contribution in [-0.2, 0) is 19.3 Å². The number of phenols is 2. The Morgan fingerprint density at radius 3 is 2.10 bits per heavy atom. The quantitative estimate of drug-likeness (QED) is 0.806. The van der Waals surface area contributed by atoms with Gasteiger partial charge in [-0.25, -0.2) is 0 Å². The zero-order chi connectivity index (χ0) is 14.7. The molecule has 2 rings (SSSR count). The summed E-state index contributed by atoms with van der Waals surface area (Å²) < 4.78 is 0. The third kappa shape index (κ3) is 2.38. The monoisotopic (exact) mass is 270 g/mol. The van der Waals surface area contributed by atoms with Crippen LogP contribution < -0.4 is 0 Å². The van der Waals surface area contributed by atoms with Crippen LogP contribution >= 0.6 is 0 Å². The molecule has 0 aromatic heterocycles. The number of benzene rings is 2. The van der Waals surface area contributed by atoms with E-state index in [-0.39, 0.29) is 11.5 Å². The highest BCUT2D eigenvalue weighted by Gasteiger charge is 2.17. The van der Waals surface area contributed by atoms with E-state index in [0.29, 0.717) is 0 Å². The zero-order valence-corrected chi connectivity index (χ0v) is 12.4. The Morgan fingerprint density at radius 2 is 1.50 bits per heavy atom. The number of hydrogen-bond donors (Lipinski definition) is 2. The van der Waals surface area contributed by atoms with E-state index in [4.69, 9.17) is 0 Å². The molecular weight excluding hydrogens is 248 g/mol. The minimum absolute atomic E-state index is 0.00713. The fraction of sp³-hybridized carbons (Fsp3) is 0.333. The molecule has 2 aromatic carbocycles. The first-order valence-corrected chi connectivity index (χ1v) is 7.28. The van der Waals surface area contributed by atoms with E-state index >= 15 is 0 Å². The van der Waals surface area contributed by atoms with Gasteiger partial charge in [0.25, 0.3) is 0 Å². The zero-order valence-electron chi connectivity index (χ0n) is 12.4. The van der Waals surface area contributed by atoms with E-state index in [1.165, 1.54) is 11.1 Å². The predicted octanol–water partition coefficient (Wildman–Crippen LogP) is 4.45. The number of aryl methyl sites for hydroxylation is 2. The molecule has 0 radical (unpaired) electrons. The summed E-state index contributed by atoms with van der Waals surface area (Å²) in [4.78, 5) is 0. The van der Waals surface area contributed by atoms with Crippen molar-refractivity contribution in [3.8, 4) is 22.6 Å². The van der Waals surface area contributed by atoms with Gasteiger partial charge in [-0.2, -0.15) is 0 Å². The number of aromatic hydroxyl groups is 2. The summed E-state index contributed by atoms with van der Waals surface area (Å²) in [5.74, 6) is -0.0616. The van der Waals surface area contributed by atoms with Gasteiger partial charge < -0.3 is 10.2 Å². The molecule has 2 nitrogen and oxygen atoms in total. The normalized spacial score (nSPS) is 10.8. The molecule has 20 heavy (non-hydrogen) atoms. The molecule has 0 saturated heterocycles. The van der Waals surface area contributed by atoms with Crippen molar-refractivity contribution in [2.75, 3.05) is 0 Å². The first kappa shape index (κ1) is 14.4. The summed E-state index contributed by atoms with van der Waals surface area (Å²) in [7, 11) is 0. The molecule has 2 aromatic rings. The maximum atomic E-state index is 10.3. The topological polar surface area (TPSA) is 40.5 Å². The SMILES string of the molecule is CCc1cccc(-c2c(CC)ccc(O)c2O)c1CC. The van der Waals surface area contributed by atoms with Crippen LogP contribution in [0, 0.1) is 0 Å². The Morgan fingerprint density at radius 1 is 0.800 bits per heavy atom. The fourth-order valence-corrected chi connectivity index (χ4v) is 2.83. The summed E-state index contributed by atoms with van der Waals surface area (Å²) in [6, 6.07) is 9.64. The maximum absolute atomic E-state index is 10.3. The molecule has 0 aliphatic heterocycles. The maximum Gasteiger partial charge on any atom is 0.165 e. The second-order valence-electron chi connectivity index (χ2n) is 4.97. The van der Waals surface area contributed by atoms with Crippen LogP contribution in [0.15, 0.2) is 30.3 Å². The standard InChI is InChI=1S/C18H22O2/c1-4-12-8-7-9-15(14(12)6-3)17-13(5-2)10-11-16(19)18(17)20/h7-11,19-20H,4-6H2,1-3H3. The largest absolute Gasteiger partial charge is 0.504 e. The summed E-state index contributed by atoms with van der Waals surface area (Å²) >= 11 is 0. The van der Waals surface area contributed by atoms with E-state index in [0.717, 1.165) is 36.0 Å². The number of hydrogen-bond acceptors (Lipinski definition) is 2. The van der Waals surface area contributed by atoms with Crippen LogP contribution in [0.4, 0.5) is 0 Å². The van der Waals surface area contributed by atoms with E-state index in [2.05, 4.69) is 26.8 Å². The highest BCUT2D eigenvalue weighted by molar-refractivity contribution is 5.79. The summed E-state index contributed by atoms with van der Waals surface area (Å²) in [5, 5.41) is 20.1. The van der Waals surface area contributed by atoms with Gasteiger partial charge in [0, 0.05) is 5.56 Å². The minimum atomic E-state index is -0.0545. The highest BCUT2D eigenvalue weighted by Crippen LogP contribution is 2.41. The molecule has 0 unspecified atom stereocenters. The second-order valence-corrected chi connectivity index (χ2v) is 4.97. The van der Waals surface area contributed by atoms with Gasteiger partial charge in [0.15, 0.2) is 11.5 Å². The summed E-state index contributed by atoms with van der Waals surface area (Å²) in [5.41, 5.74) is 5.43. The first-order chi connectivity index (χ1) is 9.63. The molecule has 2 heteroatoms. The molecular formula is C18H22O2. The summed E-state index contributed by atoms with van der Waals surface area (Å²) in [6.07, 6.45) is 2.71. The van der Waals surface area contributed by atoms with Crippen molar-refractivity contribution in [2.24, 2.45) is 0 Å². The van der Waals surface area contributed by atoms with E-state index in [1.54, 1.807) is 6.07 Å². The van der Waals surface area contributed by atoms with Crippen molar-refractivity contribution in [1.82, 2.24) is 0 Å². The molecule has 0 fully saturated rings. The van der Waals surface area contributed by atoms with Crippen molar-refractivity contribution >= 4 is 0 Å². The smallest absolute Gasteiger partial charge is 0.165 e. The molecule has 0 bridgehead atoms. The van der Waals surface area contributed by atoms with Crippen LogP contribution in [0.2, 0.25) is 0 Å². The second kappa shape index (κ2) is 6.00. The summed E-state index contributed by atoms with van der Waals surface area (Å²) in [6.45, 7) is 6.33. The van der Waals surface area contributed by atoms with Gasteiger partial charge in [0.05, 0.1) is 0 Å². The van der Waals surface area contributed by atoms with Crippen molar-refractivity contribution in [3.05, 3.63) is 47.0 Å². The van der Waals surface area contributed by atoms with Crippen molar-refractivity contribution in [3.63, 3.8) is 0 Å². The third-order valence-corrected chi connectivity index (χ3v) is 3.90. The van der Waals surface area contributed by atoms with Crippen molar-refractivity contribution < 1.29 is 10.2 Å². The molecule has 0 spiro atoms. The van der Waals surface area contributed by atoms with Gasteiger partial charge >= 0.3 is 0 Å². The highest BCUT2D eigenvalue weighted by atomic mass is 16.3. The third-order valence-electron chi connectivity index (χ3n) is 3.90. The molecule has 2 N–H and O–H groups in total. The first-order valence-electron chi connectivity index (χ1n) is 7.28. The molecule has 106 valence electrons. The lowest BCUT2D eigenvalue weighted by Crippen LogP contribution is -1.97. The van der Waals surface area contributed by atoms with Crippen LogP contribution in [0.25, 0.3) is 11.1 Å². The van der Waals surface area contributed by atoms with Gasteiger partial charge in [0.1, 0.15) is 0 Å². The Hall–Kier alpha value is -1.96. The van der Waals surface area contributed by atoms with Gasteiger partial charge in [-0.05, 0) is 47.6 Å². The predicted molar refractivity (Wildman–Crippen MR) is 83.3 cm³/mol. The van der Waals surface area contributed by atoms with Crippen LogP contribution in [0.3, 0.4) is 0 Å². The van der Waals surface area contributed by atoms with Crippen molar-refractivity contribution in [1.29, 1.82) is 0 Å². The Bertz CT molecular complexity index is 615. The van der Waals surface area contributed by atoms with Crippen LogP contribution in [0.1, 0.15) is 37.5 Å². The van der Waals surface area contributed by atoms with Gasteiger partial charge in [0.2, 0.25) is 0 Å². The lowest BCUT2D eigenvalue weighted by Gasteiger charge is -2.17. The van der Waals surface area contributed by atoms with Crippen LogP contribution in [0.5, 0.6) is 11.5 Å². The number of phenolic OH excluding ortho intramolecular Hbond substituents is 2. The van der Waals surface area contributed by atoms with E-state index < -0.39 is 0 Å². The molecule has 0 heterocycles. The molecule has 0 aliphatic carbocycles. The molecule has 0 aliphatic rings. The lowest BCUT2D eigenvalue weighted by molar-refractivity contribution is 0.404. The Kier molecular flexibility index (Phi) is 4.33. The Balaban J connectivity index is 2.77. The number of rotatable bonds is 4. The minimum Gasteiger partial charge on any atom is -0.504 e. The van der Waals surface area contributed by atoms with E-state index in [9.17, 15) is 10.2 Å². The van der Waals surface area contributed by atoms with Crippen LogP contribution in [-0.4, -0.2) is 10.2 Å². The average molecular weight is 270 g/mol. The van der Waals surface area contributed by atoms with Gasteiger partial charge in [-0.1, -0.05) is 45.0 Å². The average Bonchev–Trinajstić information content (AvgIpc) is 2.48. The molecule has 0 amide bonds. The molecule has 0 saturated carbocycles. The Labute approximate surface area is 120 Å². The fourth-order valence-electron chi connectivity index (χ4n) is 2.83. The van der Waals surface area contributed by atoms with Gasteiger partial charge in [-0.3, -0.25) is 0 Å². The van der Waals surface area contributed by atoms with Gasteiger partial charge in [-0.15, -0.1) is 0 Å². The molecule has 0 atom stereocenters.